The van der Waals surface area contributed by atoms with Crippen molar-refractivity contribution < 1.29 is 13.2 Å². The Kier molecular flexibility index (Phi) is 4.45. The second kappa shape index (κ2) is 6.40. The average molecular weight is 343 g/mol. The fourth-order valence-electron chi connectivity index (χ4n) is 3.19. The summed E-state index contributed by atoms with van der Waals surface area (Å²) in [6.07, 6.45) is 4.17. The van der Waals surface area contributed by atoms with E-state index in [1.807, 2.05) is 0 Å². The van der Waals surface area contributed by atoms with E-state index in [4.69, 9.17) is 0 Å². The third-order valence-electron chi connectivity index (χ3n) is 4.46. The first-order valence-corrected chi connectivity index (χ1v) is 9.94. The zero-order valence-corrected chi connectivity index (χ0v) is 14.7. The van der Waals surface area contributed by atoms with Gasteiger partial charge in [-0.2, -0.15) is 0 Å². The van der Waals surface area contributed by atoms with E-state index >= 15 is 0 Å². The number of carbonyl (C=O) groups is 1. The predicted molar refractivity (Wildman–Crippen MR) is 93.9 cm³/mol. The summed E-state index contributed by atoms with van der Waals surface area (Å²) in [6.45, 7) is 2.08. The van der Waals surface area contributed by atoms with Gasteiger partial charge in [-0.05, 0) is 61.6 Å². The molecule has 0 saturated heterocycles. The van der Waals surface area contributed by atoms with Gasteiger partial charge in [-0.1, -0.05) is 23.8 Å². The zero-order valence-electron chi connectivity index (χ0n) is 13.9. The summed E-state index contributed by atoms with van der Waals surface area (Å²) in [7, 11) is -3.25. The van der Waals surface area contributed by atoms with Crippen LogP contribution in [-0.2, 0) is 16.3 Å². The maximum atomic E-state index is 12.5. The second-order valence-corrected chi connectivity index (χ2v) is 8.43. The van der Waals surface area contributed by atoms with E-state index in [2.05, 4.69) is 30.4 Å². The van der Waals surface area contributed by atoms with Crippen molar-refractivity contribution in [2.45, 2.75) is 37.1 Å². The van der Waals surface area contributed by atoms with Gasteiger partial charge in [0, 0.05) is 11.8 Å². The summed E-state index contributed by atoms with van der Waals surface area (Å²) < 4.78 is 23.0. The summed E-state index contributed by atoms with van der Waals surface area (Å²) >= 11 is 0. The van der Waals surface area contributed by atoms with Crippen LogP contribution in [0, 0.1) is 6.92 Å². The van der Waals surface area contributed by atoms with Crippen molar-refractivity contribution in [2.75, 3.05) is 6.26 Å². The highest BCUT2D eigenvalue weighted by atomic mass is 32.2. The molecule has 0 radical (unpaired) electrons. The molecule has 0 aliphatic heterocycles. The smallest absolute Gasteiger partial charge is 0.251 e. The zero-order chi connectivity index (χ0) is 17.3. The molecule has 0 spiro atoms. The van der Waals surface area contributed by atoms with E-state index in [0.717, 1.165) is 25.5 Å². The van der Waals surface area contributed by atoms with Crippen LogP contribution in [0.4, 0.5) is 0 Å². The Morgan fingerprint density at radius 3 is 2.50 bits per heavy atom. The van der Waals surface area contributed by atoms with Crippen LogP contribution in [0.2, 0.25) is 0 Å². The number of hydrogen-bond donors (Lipinski definition) is 1. The molecular weight excluding hydrogens is 322 g/mol. The molecule has 0 saturated carbocycles. The van der Waals surface area contributed by atoms with Crippen LogP contribution in [0.15, 0.2) is 47.4 Å². The molecule has 4 nitrogen and oxygen atoms in total. The Labute approximate surface area is 142 Å². The van der Waals surface area contributed by atoms with E-state index in [-0.39, 0.29) is 16.8 Å². The Hall–Kier alpha value is -2.14. The van der Waals surface area contributed by atoms with E-state index in [1.54, 1.807) is 12.1 Å². The molecule has 2 aromatic carbocycles. The topological polar surface area (TPSA) is 63.2 Å². The van der Waals surface area contributed by atoms with Crippen LogP contribution in [-0.4, -0.2) is 20.6 Å². The van der Waals surface area contributed by atoms with Gasteiger partial charge in [0.05, 0.1) is 10.9 Å². The van der Waals surface area contributed by atoms with E-state index in [9.17, 15) is 13.2 Å². The standard InChI is InChI=1S/C19H21NO3S/c1-13-6-11-17-15(12-13)4-3-5-18(17)20-19(21)14-7-9-16(10-8-14)24(2,22)23/h6-12,18H,3-5H2,1-2H3,(H,20,21)/t18-/m0/s1. The largest absolute Gasteiger partial charge is 0.345 e. The van der Waals surface area contributed by atoms with Gasteiger partial charge >= 0.3 is 0 Å². The van der Waals surface area contributed by atoms with Crippen molar-refractivity contribution >= 4 is 15.7 Å². The Morgan fingerprint density at radius 2 is 1.83 bits per heavy atom. The fraction of sp³-hybridized carbons (Fsp3) is 0.316. The summed E-state index contributed by atoms with van der Waals surface area (Å²) in [4.78, 5) is 12.7. The summed E-state index contributed by atoms with van der Waals surface area (Å²) in [5.74, 6) is -0.173. The minimum absolute atomic E-state index is 0.0106. The number of rotatable bonds is 3. The molecule has 1 N–H and O–H groups in total. The first-order valence-electron chi connectivity index (χ1n) is 8.05. The number of carbonyl (C=O) groups excluding carboxylic acids is 1. The summed E-state index contributed by atoms with van der Waals surface area (Å²) in [5, 5.41) is 3.08. The minimum Gasteiger partial charge on any atom is -0.345 e. The molecule has 0 heterocycles. The molecule has 126 valence electrons. The highest BCUT2D eigenvalue weighted by Gasteiger charge is 2.22. The van der Waals surface area contributed by atoms with Crippen molar-refractivity contribution in [3.8, 4) is 0 Å². The lowest BCUT2D eigenvalue weighted by molar-refractivity contribution is 0.0932. The van der Waals surface area contributed by atoms with Gasteiger partial charge in [-0.15, -0.1) is 0 Å². The molecule has 1 atom stereocenters. The number of sulfone groups is 1. The fourth-order valence-corrected chi connectivity index (χ4v) is 3.82. The second-order valence-electron chi connectivity index (χ2n) is 6.42. The first-order chi connectivity index (χ1) is 11.3. The van der Waals surface area contributed by atoms with Gasteiger partial charge in [0.2, 0.25) is 0 Å². The van der Waals surface area contributed by atoms with Crippen molar-refractivity contribution in [3.63, 3.8) is 0 Å². The van der Waals surface area contributed by atoms with Gasteiger partial charge in [0.1, 0.15) is 0 Å². The number of nitrogens with one attached hydrogen (secondary N) is 1. The van der Waals surface area contributed by atoms with Gasteiger partial charge < -0.3 is 5.32 Å². The third kappa shape index (κ3) is 3.51. The minimum atomic E-state index is -3.25. The van der Waals surface area contributed by atoms with Crippen molar-refractivity contribution in [1.29, 1.82) is 0 Å². The lowest BCUT2D eigenvalue weighted by Crippen LogP contribution is -2.31. The molecule has 0 bridgehead atoms. The van der Waals surface area contributed by atoms with Crippen molar-refractivity contribution in [1.82, 2.24) is 5.32 Å². The molecule has 0 fully saturated rings. The molecule has 1 aliphatic rings. The Morgan fingerprint density at radius 1 is 1.12 bits per heavy atom. The number of aryl methyl sites for hydroxylation is 2. The molecular formula is C19H21NO3S. The normalized spacial score (nSPS) is 17.2. The highest BCUT2D eigenvalue weighted by molar-refractivity contribution is 7.90. The Bertz CT molecular complexity index is 870. The van der Waals surface area contributed by atoms with E-state index in [1.165, 1.54) is 28.8 Å². The van der Waals surface area contributed by atoms with Crippen LogP contribution < -0.4 is 5.32 Å². The molecule has 24 heavy (non-hydrogen) atoms. The third-order valence-corrected chi connectivity index (χ3v) is 5.59. The number of fused-ring (bicyclic) bond motifs is 1. The van der Waals surface area contributed by atoms with Gasteiger partial charge in [-0.25, -0.2) is 8.42 Å². The lowest BCUT2D eigenvalue weighted by Gasteiger charge is -2.26. The molecule has 2 aromatic rings. The molecule has 1 amide bonds. The highest BCUT2D eigenvalue weighted by Crippen LogP contribution is 2.30. The molecule has 0 unspecified atom stereocenters. The van der Waals surface area contributed by atoms with Crippen LogP contribution >= 0.6 is 0 Å². The van der Waals surface area contributed by atoms with Gasteiger partial charge in [0.25, 0.3) is 5.91 Å². The van der Waals surface area contributed by atoms with Crippen LogP contribution in [0.5, 0.6) is 0 Å². The number of hydrogen-bond acceptors (Lipinski definition) is 3. The maximum absolute atomic E-state index is 12.5. The maximum Gasteiger partial charge on any atom is 0.251 e. The van der Waals surface area contributed by atoms with Crippen molar-refractivity contribution in [3.05, 3.63) is 64.7 Å². The summed E-state index contributed by atoms with van der Waals surface area (Å²) in [6, 6.07) is 12.4. The SMILES string of the molecule is Cc1ccc2c(c1)CCC[C@@H]2NC(=O)c1ccc(S(C)(=O)=O)cc1. The first kappa shape index (κ1) is 16.7. The average Bonchev–Trinajstić information content (AvgIpc) is 2.54. The van der Waals surface area contributed by atoms with E-state index in [0.29, 0.717) is 5.56 Å². The van der Waals surface area contributed by atoms with Crippen LogP contribution in [0.1, 0.15) is 45.9 Å². The molecule has 1 aliphatic carbocycles. The lowest BCUT2D eigenvalue weighted by atomic mass is 9.86. The van der Waals surface area contributed by atoms with Crippen LogP contribution in [0.3, 0.4) is 0 Å². The number of amides is 1. The quantitative estimate of drug-likeness (QED) is 0.931. The van der Waals surface area contributed by atoms with Gasteiger partial charge in [-0.3, -0.25) is 4.79 Å². The predicted octanol–water partition coefficient (Wildman–Crippen LogP) is 3.21. The number of benzene rings is 2. The van der Waals surface area contributed by atoms with Crippen LogP contribution in [0.25, 0.3) is 0 Å². The van der Waals surface area contributed by atoms with Gasteiger partial charge in [0.15, 0.2) is 9.84 Å². The summed E-state index contributed by atoms with van der Waals surface area (Å²) in [5.41, 5.74) is 4.20. The van der Waals surface area contributed by atoms with Crippen molar-refractivity contribution in [2.24, 2.45) is 0 Å². The monoisotopic (exact) mass is 343 g/mol. The molecule has 3 rings (SSSR count). The Balaban J connectivity index is 1.79. The van der Waals surface area contributed by atoms with E-state index < -0.39 is 9.84 Å². The molecule has 5 heteroatoms. The molecule has 0 aromatic heterocycles.